The van der Waals surface area contributed by atoms with E-state index in [1.807, 2.05) is 10.8 Å². The molecule has 0 fully saturated rings. The van der Waals surface area contributed by atoms with Crippen LogP contribution in [-0.4, -0.2) is 27.1 Å². The van der Waals surface area contributed by atoms with Crippen LogP contribution in [0, 0.1) is 0 Å². The maximum absolute atomic E-state index is 11.5. The highest BCUT2D eigenvalue weighted by Gasteiger charge is 2.00. The molecule has 2 aromatic rings. The molecule has 94 valence electrons. The number of aromatic nitrogens is 3. The number of carbonyl (C=O) groups excluding carboxylic acids is 1. The van der Waals surface area contributed by atoms with Gasteiger partial charge in [0, 0.05) is 31.7 Å². The Morgan fingerprint density at radius 2 is 2.28 bits per heavy atom. The first kappa shape index (κ1) is 12.1. The number of anilines is 1. The van der Waals surface area contributed by atoms with E-state index in [4.69, 9.17) is 0 Å². The smallest absolute Gasteiger partial charge is 0.319 e. The summed E-state index contributed by atoms with van der Waals surface area (Å²) in [7, 11) is 0. The van der Waals surface area contributed by atoms with Crippen molar-refractivity contribution in [3.05, 3.63) is 43.2 Å². The predicted molar refractivity (Wildman–Crippen MR) is 68.1 cm³/mol. The van der Waals surface area contributed by atoms with Crippen molar-refractivity contribution in [1.82, 2.24) is 19.9 Å². The molecule has 18 heavy (non-hydrogen) atoms. The van der Waals surface area contributed by atoms with Gasteiger partial charge >= 0.3 is 6.03 Å². The van der Waals surface area contributed by atoms with Crippen LogP contribution in [0.3, 0.4) is 0 Å². The van der Waals surface area contributed by atoms with Crippen LogP contribution < -0.4 is 10.6 Å². The normalized spacial score (nSPS) is 10.0. The molecule has 0 saturated heterocycles. The van der Waals surface area contributed by atoms with Crippen molar-refractivity contribution < 1.29 is 4.79 Å². The van der Waals surface area contributed by atoms with Crippen LogP contribution >= 0.6 is 0 Å². The van der Waals surface area contributed by atoms with Gasteiger partial charge in [-0.1, -0.05) is 0 Å². The minimum atomic E-state index is -0.214. The Balaban J connectivity index is 1.63. The van der Waals surface area contributed by atoms with Gasteiger partial charge in [0.25, 0.3) is 0 Å². The largest absolute Gasteiger partial charge is 0.338 e. The molecule has 2 amide bonds. The zero-order valence-electron chi connectivity index (χ0n) is 9.91. The molecule has 0 radical (unpaired) electrons. The van der Waals surface area contributed by atoms with Crippen LogP contribution in [0.5, 0.6) is 0 Å². The second-order valence-corrected chi connectivity index (χ2v) is 3.78. The number of amides is 2. The first-order chi connectivity index (χ1) is 8.84. The number of hydrogen-bond donors (Lipinski definition) is 2. The molecule has 0 aliphatic rings. The maximum Gasteiger partial charge on any atom is 0.319 e. The highest BCUT2D eigenvalue weighted by Crippen LogP contribution is 2.01. The van der Waals surface area contributed by atoms with E-state index in [9.17, 15) is 4.79 Å². The molecular formula is C12H15N5O. The summed E-state index contributed by atoms with van der Waals surface area (Å²) in [6, 6.07) is 3.35. The van der Waals surface area contributed by atoms with Crippen molar-refractivity contribution in [3.63, 3.8) is 0 Å². The van der Waals surface area contributed by atoms with Gasteiger partial charge in [-0.2, -0.15) is 0 Å². The number of pyridine rings is 1. The van der Waals surface area contributed by atoms with Crippen LogP contribution in [0.2, 0.25) is 0 Å². The lowest BCUT2D eigenvalue weighted by Crippen LogP contribution is -2.30. The van der Waals surface area contributed by atoms with Crippen LogP contribution in [-0.2, 0) is 6.54 Å². The van der Waals surface area contributed by atoms with E-state index in [1.54, 1.807) is 37.1 Å². The predicted octanol–water partition coefficient (Wildman–Crippen LogP) is 1.49. The fourth-order valence-electron chi connectivity index (χ4n) is 1.49. The van der Waals surface area contributed by atoms with Gasteiger partial charge in [-0.05, 0) is 18.6 Å². The molecule has 0 aromatic carbocycles. The Morgan fingerprint density at radius 1 is 1.33 bits per heavy atom. The van der Waals surface area contributed by atoms with Gasteiger partial charge < -0.3 is 15.2 Å². The van der Waals surface area contributed by atoms with E-state index >= 15 is 0 Å². The molecule has 0 saturated carbocycles. The molecule has 2 rings (SSSR count). The Labute approximate surface area is 105 Å². The average molecular weight is 245 g/mol. The topological polar surface area (TPSA) is 71.8 Å². The molecule has 6 heteroatoms. The van der Waals surface area contributed by atoms with Gasteiger partial charge in [0.2, 0.25) is 0 Å². The van der Waals surface area contributed by atoms with Crippen molar-refractivity contribution in [3.8, 4) is 0 Å². The molecule has 2 heterocycles. The van der Waals surface area contributed by atoms with Gasteiger partial charge in [0.05, 0.1) is 18.2 Å². The van der Waals surface area contributed by atoms with E-state index in [1.165, 1.54) is 0 Å². The third-order valence-corrected chi connectivity index (χ3v) is 2.36. The standard InChI is InChI=1S/C12H15N5O/c18-12(16-11-3-1-4-13-9-11)15-5-2-7-17-8-6-14-10-17/h1,3-4,6,8-10H,2,5,7H2,(H2,15,16,18). The Morgan fingerprint density at radius 3 is 3.00 bits per heavy atom. The highest BCUT2D eigenvalue weighted by molar-refractivity contribution is 5.88. The van der Waals surface area contributed by atoms with E-state index in [-0.39, 0.29) is 6.03 Å². The third kappa shape index (κ3) is 3.89. The summed E-state index contributed by atoms with van der Waals surface area (Å²) in [5.74, 6) is 0. The lowest BCUT2D eigenvalue weighted by molar-refractivity contribution is 0.252. The number of imidazole rings is 1. The summed E-state index contributed by atoms with van der Waals surface area (Å²) in [5, 5.41) is 5.49. The number of hydrogen-bond acceptors (Lipinski definition) is 3. The molecule has 0 aliphatic carbocycles. The van der Waals surface area contributed by atoms with Crippen molar-refractivity contribution in [2.24, 2.45) is 0 Å². The van der Waals surface area contributed by atoms with Gasteiger partial charge in [0.15, 0.2) is 0 Å². The summed E-state index contributed by atoms with van der Waals surface area (Å²) in [5.41, 5.74) is 0.685. The number of rotatable bonds is 5. The summed E-state index contributed by atoms with van der Waals surface area (Å²) in [6.45, 7) is 1.46. The van der Waals surface area contributed by atoms with Gasteiger partial charge in [-0.3, -0.25) is 4.98 Å². The molecule has 0 spiro atoms. The van der Waals surface area contributed by atoms with Crippen molar-refractivity contribution in [2.45, 2.75) is 13.0 Å². The zero-order valence-corrected chi connectivity index (χ0v) is 9.91. The Hall–Kier alpha value is -2.37. The molecule has 0 bridgehead atoms. The summed E-state index contributed by atoms with van der Waals surface area (Å²) >= 11 is 0. The van der Waals surface area contributed by atoms with E-state index < -0.39 is 0 Å². The minimum Gasteiger partial charge on any atom is -0.338 e. The summed E-state index contributed by atoms with van der Waals surface area (Å²) in [6.07, 6.45) is 9.52. The highest BCUT2D eigenvalue weighted by atomic mass is 16.2. The Kier molecular flexibility index (Phi) is 4.29. The molecule has 2 aromatic heterocycles. The van der Waals surface area contributed by atoms with Crippen LogP contribution in [0.15, 0.2) is 43.2 Å². The van der Waals surface area contributed by atoms with E-state index in [2.05, 4.69) is 20.6 Å². The molecule has 0 aliphatic heterocycles. The molecule has 0 atom stereocenters. The van der Waals surface area contributed by atoms with Crippen molar-refractivity contribution >= 4 is 11.7 Å². The second-order valence-electron chi connectivity index (χ2n) is 3.78. The van der Waals surface area contributed by atoms with Gasteiger partial charge in [-0.25, -0.2) is 9.78 Å². The second kappa shape index (κ2) is 6.39. The molecular weight excluding hydrogens is 230 g/mol. The number of nitrogens with zero attached hydrogens (tertiary/aromatic N) is 3. The molecule has 6 nitrogen and oxygen atoms in total. The fourth-order valence-corrected chi connectivity index (χ4v) is 1.49. The number of nitrogens with one attached hydrogen (secondary N) is 2. The van der Waals surface area contributed by atoms with E-state index in [0.717, 1.165) is 13.0 Å². The van der Waals surface area contributed by atoms with Gasteiger partial charge in [-0.15, -0.1) is 0 Å². The fraction of sp³-hybridized carbons (Fsp3) is 0.250. The van der Waals surface area contributed by atoms with Crippen molar-refractivity contribution in [2.75, 3.05) is 11.9 Å². The number of urea groups is 1. The summed E-state index contributed by atoms with van der Waals surface area (Å²) < 4.78 is 1.97. The Bertz CT molecular complexity index is 468. The lowest BCUT2D eigenvalue weighted by atomic mass is 10.4. The minimum absolute atomic E-state index is 0.214. The lowest BCUT2D eigenvalue weighted by Gasteiger charge is -2.07. The average Bonchev–Trinajstić information content (AvgIpc) is 2.89. The van der Waals surface area contributed by atoms with Crippen LogP contribution in [0.1, 0.15) is 6.42 Å². The SMILES string of the molecule is O=C(NCCCn1ccnc1)Nc1cccnc1. The van der Waals surface area contributed by atoms with Crippen LogP contribution in [0.4, 0.5) is 10.5 Å². The molecule has 0 unspecified atom stereocenters. The summed E-state index contributed by atoms with van der Waals surface area (Å²) in [4.78, 5) is 19.4. The van der Waals surface area contributed by atoms with Crippen molar-refractivity contribution in [1.29, 1.82) is 0 Å². The molecule has 2 N–H and O–H groups in total. The third-order valence-electron chi connectivity index (χ3n) is 2.36. The van der Waals surface area contributed by atoms with Gasteiger partial charge in [0.1, 0.15) is 0 Å². The van der Waals surface area contributed by atoms with E-state index in [0.29, 0.717) is 12.2 Å². The quantitative estimate of drug-likeness (QED) is 0.784. The number of aryl methyl sites for hydroxylation is 1. The monoisotopic (exact) mass is 245 g/mol. The zero-order chi connectivity index (χ0) is 12.6. The first-order valence-corrected chi connectivity index (χ1v) is 5.75. The first-order valence-electron chi connectivity index (χ1n) is 5.75. The van der Waals surface area contributed by atoms with Crippen LogP contribution in [0.25, 0.3) is 0 Å². The number of carbonyl (C=O) groups is 1. The maximum atomic E-state index is 11.5.